The third kappa shape index (κ3) is 4.89. The van der Waals surface area contributed by atoms with Gasteiger partial charge in [-0.15, -0.1) is 0 Å². The summed E-state index contributed by atoms with van der Waals surface area (Å²) in [6.07, 6.45) is 0.647. The fourth-order valence-corrected chi connectivity index (χ4v) is 3.75. The molecule has 2 aliphatic rings. The monoisotopic (exact) mass is 360 g/mol. The topological polar surface area (TPSA) is 39.3 Å². The van der Waals surface area contributed by atoms with Crippen LogP contribution in [0.5, 0.6) is 5.75 Å². The van der Waals surface area contributed by atoms with Gasteiger partial charge in [-0.2, -0.15) is 0 Å². The van der Waals surface area contributed by atoms with E-state index in [1.807, 2.05) is 17.0 Å². The van der Waals surface area contributed by atoms with Crippen molar-refractivity contribution in [3.8, 4) is 5.75 Å². The number of carbonyl (C=O) groups is 1. The molecule has 2 heterocycles. The molecule has 1 amide bonds. The molecule has 0 aromatic heterocycles. The Morgan fingerprint density at radius 2 is 1.54 bits per heavy atom. The van der Waals surface area contributed by atoms with Gasteiger partial charge in [-0.25, -0.2) is 0 Å². The van der Waals surface area contributed by atoms with Crippen LogP contribution in [0.15, 0.2) is 24.3 Å². The molecule has 1 aromatic rings. The number of piperazine rings is 2. The standard InChI is InChI=1S/C20H32N4O2/c1-3-21-10-12-22(13-11-21)9-8-20(25)24-16-14-23(15-17-24)18-4-6-19(26-2)7-5-18/h4-7H,3,8-17H2,1-2H3. The highest BCUT2D eigenvalue weighted by Gasteiger charge is 2.22. The number of amides is 1. The number of likely N-dealkylation sites (N-methyl/N-ethyl adjacent to an activating group) is 1. The first-order valence-electron chi connectivity index (χ1n) is 9.81. The molecule has 2 fully saturated rings. The minimum absolute atomic E-state index is 0.303. The summed E-state index contributed by atoms with van der Waals surface area (Å²) in [7, 11) is 1.68. The van der Waals surface area contributed by atoms with E-state index in [1.54, 1.807) is 7.11 Å². The molecule has 26 heavy (non-hydrogen) atoms. The maximum Gasteiger partial charge on any atom is 0.223 e. The van der Waals surface area contributed by atoms with Crippen molar-refractivity contribution in [2.24, 2.45) is 0 Å². The lowest BCUT2D eigenvalue weighted by Gasteiger charge is -2.37. The van der Waals surface area contributed by atoms with Crippen LogP contribution in [0, 0.1) is 0 Å². The molecule has 0 atom stereocenters. The third-order valence-corrected chi connectivity index (χ3v) is 5.62. The number of anilines is 1. The molecule has 0 aliphatic carbocycles. The molecular weight excluding hydrogens is 328 g/mol. The van der Waals surface area contributed by atoms with Crippen LogP contribution in [0.25, 0.3) is 0 Å². The van der Waals surface area contributed by atoms with E-state index in [0.29, 0.717) is 12.3 Å². The fourth-order valence-electron chi connectivity index (χ4n) is 3.75. The van der Waals surface area contributed by atoms with Crippen molar-refractivity contribution in [2.45, 2.75) is 13.3 Å². The number of hydrogen-bond acceptors (Lipinski definition) is 5. The zero-order valence-corrected chi connectivity index (χ0v) is 16.2. The number of benzene rings is 1. The maximum absolute atomic E-state index is 12.5. The van der Waals surface area contributed by atoms with Gasteiger partial charge in [0.2, 0.25) is 5.91 Å². The highest BCUT2D eigenvalue weighted by Crippen LogP contribution is 2.20. The molecule has 6 heteroatoms. The minimum atomic E-state index is 0.303. The van der Waals surface area contributed by atoms with Gasteiger partial charge in [0.25, 0.3) is 0 Å². The molecule has 1 aromatic carbocycles. The zero-order valence-electron chi connectivity index (χ0n) is 16.2. The predicted octanol–water partition coefficient (Wildman–Crippen LogP) is 1.37. The Morgan fingerprint density at radius 3 is 2.12 bits per heavy atom. The molecular formula is C20H32N4O2. The van der Waals surface area contributed by atoms with Crippen LogP contribution in [0.4, 0.5) is 5.69 Å². The van der Waals surface area contributed by atoms with Gasteiger partial charge in [-0.05, 0) is 30.8 Å². The molecule has 144 valence electrons. The van der Waals surface area contributed by atoms with Crippen molar-refractivity contribution in [3.05, 3.63) is 24.3 Å². The van der Waals surface area contributed by atoms with Crippen LogP contribution in [-0.4, -0.2) is 93.2 Å². The van der Waals surface area contributed by atoms with Crippen LogP contribution in [-0.2, 0) is 4.79 Å². The lowest BCUT2D eigenvalue weighted by atomic mass is 10.2. The van der Waals surface area contributed by atoms with Gasteiger partial charge in [-0.3, -0.25) is 4.79 Å². The second-order valence-corrected chi connectivity index (χ2v) is 7.09. The third-order valence-electron chi connectivity index (χ3n) is 5.62. The molecule has 0 unspecified atom stereocenters. The number of hydrogen-bond donors (Lipinski definition) is 0. The van der Waals surface area contributed by atoms with Gasteiger partial charge in [0, 0.05) is 71.0 Å². The van der Waals surface area contributed by atoms with Gasteiger partial charge < -0.3 is 24.3 Å². The molecule has 0 bridgehead atoms. The molecule has 6 nitrogen and oxygen atoms in total. The van der Waals surface area contributed by atoms with Crippen LogP contribution in [0.3, 0.4) is 0 Å². The van der Waals surface area contributed by atoms with Crippen molar-refractivity contribution < 1.29 is 9.53 Å². The average molecular weight is 361 g/mol. The highest BCUT2D eigenvalue weighted by molar-refractivity contribution is 5.76. The SMILES string of the molecule is CCN1CCN(CCC(=O)N2CCN(c3ccc(OC)cc3)CC2)CC1. The van der Waals surface area contributed by atoms with Crippen LogP contribution >= 0.6 is 0 Å². The molecule has 0 radical (unpaired) electrons. The summed E-state index contributed by atoms with van der Waals surface area (Å²) in [5, 5.41) is 0. The lowest BCUT2D eigenvalue weighted by Crippen LogP contribution is -2.50. The summed E-state index contributed by atoms with van der Waals surface area (Å²) in [4.78, 5) is 21.8. The van der Waals surface area contributed by atoms with E-state index in [0.717, 1.165) is 71.2 Å². The van der Waals surface area contributed by atoms with Crippen molar-refractivity contribution in [1.29, 1.82) is 0 Å². The smallest absolute Gasteiger partial charge is 0.223 e. The van der Waals surface area contributed by atoms with Crippen molar-refractivity contribution >= 4 is 11.6 Å². The number of carbonyl (C=O) groups excluding carboxylic acids is 1. The summed E-state index contributed by atoms with van der Waals surface area (Å²) in [5.74, 6) is 1.18. The van der Waals surface area contributed by atoms with E-state index < -0.39 is 0 Å². The number of methoxy groups -OCH3 is 1. The normalized spacial score (nSPS) is 19.6. The van der Waals surface area contributed by atoms with Gasteiger partial charge >= 0.3 is 0 Å². The first kappa shape index (κ1) is 19.0. The molecule has 3 rings (SSSR count). The van der Waals surface area contributed by atoms with Crippen LogP contribution in [0.2, 0.25) is 0 Å². The number of ether oxygens (including phenoxy) is 1. The first-order chi connectivity index (χ1) is 12.7. The van der Waals surface area contributed by atoms with Crippen LogP contribution in [0.1, 0.15) is 13.3 Å². The zero-order chi connectivity index (χ0) is 18.4. The molecule has 0 spiro atoms. The van der Waals surface area contributed by atoms with E-state index in [9.17, 15) is 4.79 Å². The lowest BCUT2D eigenvalue weighted by molar-refractivity contribution is -0.131. The van der Waals surface area contributed by atoms with E-state index >= 15 is 0 Å². The Balaban J connectivity index is 1.39. The number of rotatable bonds is 6. The Morgan fingerprint density at radius 1 is 0.923 bits per heavy atom. The molecule has 2 aliphatic heterocycles. The Hall–Kier alpha value is -1.79. The van der Waals surface area contributed by atoms with E-state index in [-0.39, 0.29) is 0 Å². The highest BCUT2D eigenvalue weighted by atomic mass is 16.5. The van der Waals surface area contributed by atoms with Gasteiger partial charge in [0.05, 0.1) is 7.11 Å². The summed E-state index contributed by atoms with van der Waals surface area (Å²) in [5.41, 5.74) is 1.20. The largest absolute Gasteiger partial charge is 0.497 e. The minimum Gasteiger partial charge on any atom is -0.497 e. The first-order valence-corrected chi connectivity index (χ1v) is 9.81. The molecule has 2 saturated heterocycles. The Bertz CT molecular complexity index is 562. The van der Waals surface area contributed by atoms with Crippen molar-refractivity contribution in [3.63, 3.8) is 0 Å². The predicted molar refractivity (Wildman–Crippen MR) is 105 cm³/mol. The quantitative estimate of drug-likeness (QED) is 0.766. The second-order valence-electron chi connectivity index (χ2n) is 7.09. The molecule has 0 saturated carbocycles. The van der Waals surface area contributed by atoms with Crippen molar-refractivity contribution in [2.75, 3.05) is 77.5 Å². The molecule has 0 N–H and O–H groups in total. The number of nitrogens with zero attached hydrogens (tertiary/aromatic N) is 4. The van der Waals surface area contributed by atoms with Crippen molar-refractivity contribution in [1.82, 2.24) is 14.7 Å². The van der Waals surface area contributed by atoms with Gasteiger partial charge in [-0.1, -0.05) is 6.92 Å². The van der Waals surface area contributed by atoms with Gasteiger partial charge in [0.15, 0.2) is 0 Å². The van der Waals surface area contributed by atoms with Gasteiger partial charge in [0.1, 0.15) is 5.75 Å². The summed E-state index contributed by atoms with van der Waals surface area (Å²) >= 11 is 0. The summed E-state index contributed by atoms with van der Waals surface area (Å²) in [6, 6.07) is 8.16. The van der Waals surface area contributed by atoms with E-state index in [2.05, 4.69) is 33.8 Å². The maximum atomic E-state index is 12.5. The fraction of sp³-hybridized carbons (Fsp3) is 0.650. The van der Waals surface area contributed by atoms with Crippen LogP contribution < -0.4 is 9.64 Å². The summed E-state index contributed by atoms with van der Waals surface area (Å²) in [6.45, 7) is 12.1. The second kappa shape index (κ2) is 9.24. The average Bonchev–Trinajstić information content (AvgIpc) is 2.72. The van der Waals surface area contributed by atoms with E-state index in [4.69, 9.17) is 4.74 Å². The Kier molecular flexibility index (Phi) is 6.74. The Labute approximate surface area is 157 Å². The van der Waals surface area contributed by atoms with E-state index in [1.165, 1.54) is 5.69 Å². The summed E-state index contributed by atoms with van der Waals surface area (Å²) < 4.78 is 5.22.